The number of imidazole rings is 1. The first-order chi connectivity index (χ1) is 10.3. The number of hydrogen-bond acceptors (Lipinski definition) is 5. The van der Waals surface area contributed by atoms with Gasteiger partial charge in [-0.1, -0.05) is 0 Å². The Morgan fingerprint density at radius 2 is 1.81 bits per heavy atom. The van der Waals surface area contributed by atoms with E-state index in [1.54, 1.807) is 17.1 Å². The van der Waals surface area contributed by atoms with Gasteiger partial charge in [-0.05, 0) is 49.1 Å². The summed E-state index contributed by atoms with van der Waals surface area (Å²) < 4.78 is 1.75. The Morgan fingerprint density at radius 3 is 2.38 bits per heavy atom. The molecule has 0 amide bonds. The average molecular weight is 305 g/mol. The third-order valence-corrected chi connectivity index (χ3v) is 4.12. The second-order valence-corrected chi connectivity index (χ2v) is 6.30. The van der Waals surface area contributed by atoms with Crippen LogP contribution in [0.5, 0.6) is 0 Å². The minimum atomic E-state index is 0.236. The van der Waals surface area contributed by atoms with Crippen molar-refractivity contribution in [3.63, 3.8) is 0 Å². The molecule has 4 rings (SSSR count). The van der Waals surface area contributed by atoms with Crippen molar-refractivity contribution in [3.8, 4) is 5.95 Å². The molecule has 0 aromatic carbocycles. The van der Waals surface area contributed by atoms with Gasteiger partial charge in [0.2, 0.25) is 17.2 Å². The molecule has 2 heterocycles. The molecule has 0 N–H and O–H groups in total. The van der Waals surface area contributed by atoms with Crippen molar-refractivity contribution >= 4 is 17.5 Å². The minimum absolute atomic E-state index is 0.236. The van der Waals surface area contributed by atoms with Crippen LogP contribution in [-0.4, -0.2) is 37.6 Å². The zero-order chi connectivity index (χ0) is 14.2. The third kappa shape index (κ3) is 3.15. The normalized spacial score (nSPS) is 18.0. The van der Waals surface area contributed by atoms with Crippen LogP contribution < -0.4 is 4.90 Å². The fourth-order valence-corrected chi connectivity index (χ4v) is 2.58. The van der Waals surface area contributed by atoms with Crippen molar-refractivity contribution in [2.75, 3.05) is 18.0 Å². The predicted octanol–water partition coefficient (Wildman–Crippen LogP) is 2.34. The molecule has 110 valence electrons. The Labute approximate surface area is 128 Å². The lowest BCUT2D eigenvalue weighted by molar-refractivity contribution is 0.657. The van der Waals surface area contributed by atoms with Crippen LogP contribution in [0.15, 0.2) is 18.7 Å². The summed E-state index contributed by atoms with van der Waals surface area (Å²) >= 11 is 6.09. The maximum Gasteiger partial charge on any atom is 0.241 e. The highest BCUT2D eigenvalue weighted by atomic mass is 35.5. The van der Waals surface area contributed by atoms with Crippen molar-refractivity contribution in [2.24, 2.45) is 11.8 Å². The molecule has 0 spiro atoms. The Morgan fingerprint density at radius 1 is 1.10 bits per heavy atom. The molecule has 0 atom stereocenters. The fourth-order valence-electron chi connectivity index (χ4n) is 2.43. The van der Waals surface area contributed by atoms with Gasteiger partial charge in [0.25, 0.3) is 0 Å². The van der Waals surface area contributed by atoms with Crippen LogP contribution in [0.25, 0.3) is 5.95 Å². The average Bonchev–Trinajstić information content (AvgIpc) is 3.39. The van der Waals surface area contributed by atoms with Crippen LogP contribution in [0.3, 0.4) is 0 Å². The molecule has 2 aromatic rings. The Kier molecular flexibility index (Phi) is 3.25. The van der Waals surface area contributed by atoms with E-state index in [0.717, 1.165) is 24.9 Å². The molecule has 2 aliphatic carbocycles. The third-order valence-electron chi connectivity index (χ3n) is 3.95. The van der Waals surface area contributed by atoms with Crippen LogP contribution >= 0.6 is 11.6 Å². The second kappa shape index (κ2) is 5.26. The summed E-state index contributed by atoms with van der Waals surface area (Å²) in [5, 5.41) is 0.236. The van der Waals surface area contributed by atoms with E-state index < -0.39 is 0 Å². The fraction of sp³-hybridized carbons (Fsp3) is 0.571. The molecule has 0 saturated heterocycles. The van der Waals surface area contributed by atoms with E-state index in [1.807, 2.05) is 6.20 Å². The predicted molar refractivity (Wildman–Crippen MR) is 79.6 cm³/mol. The van der Waals surface area contributed by atoms with E-state index in [0.29, 0.717) is 11.9 Å². The maximum absolute atomic E-state index is 6.09. The quantitative estimate of drug-likeness (QED) is 0.820. The van der Waals surface area contributed by atoms with E-state index in [1.165, 1.54) is 25.7 Å². The molecule has 2 saturated carbocycles. The number of anilines is 1. The van der Waals surface area contributed by atoms with E-state index >= 15 is 0 Å². The summed E-state index contributed by atoms with van der Waals surface area (Å²) in [6, 6.07) is 0. The second-order valence-electron chi connectivity index (χ2n) is 5.97. The van der Waals surface area contributed by atoms with Gasteiger partial charge in [-0.2, -0.15) is 15.0 Å². The van der Waals surface area contributed by atoms with Gasteiger partial charge in [-0.3, -0.25) is 4.57 Å². The van der Waals surface area contributed by atoms with Crippen molar-refractivity contribution in [1.82, 2.24) is 24.5 Å². The lowest BCUT2D eigenvalue weighted by Crippen LogP contribution is -2.30. The number of halogens is 1. The van der Waals surface area contributed by atoms with Gasteiger partial charge in [0.05, 0.1) is 0 Å². The monoisotopic (exact) mass is 304 g/mol. The number of nitrogens with zero attached hydrogens (tertiary/aromatic N) is 6. The Hall–Kier alpha value is -1.69. The summed E-state index contributed by atoms with van der Waals surface area (Å²) in [5.74, 6) is 2.79. The summed E-state index contributed by atoms with van der Waals surface area (Å²) in [5.41, 5.74) is 0. The van der Waals surface area contributed by atoms with Gasteiger partial charge in [0.15, 0.2) is 0 Å². The number of aromatic nitrogens is 5. The van der Waals surface area contributed by atoms with Gasteiger partial charge in [-0.25, -0.2) is 4.98 Å². The lowest BCUT2D eigenvalue weighted by atomic mass is 10.3. The van der Waals surface area contributed by atoms with Gasteiger partial charge >= 0.3 is 0 Å². The topological polar surface area (TPSA) is 59.7 Å². The Balaban J connectivity index is 1.64. The van der Waals surface area contributed by atoms with Crippen molar-refractivity contribution in [3.05, 3.63) is 24.0 Å². The number of hydrogen-bond donors (Lipinski definition) is 0. The molecule has 21 heavy (non-hydrogen) atoms. The zero-order valence-corrected chi connectivity index (χ0v) is 12.4. The van der Waals surface area contributed by atoms with Crippen molar-refractivity contribution in [1.29, 1.82) is 0 Å². The van der Waals surface area contributed by atoms with E-state index in [9.17, 15) is 0 Å². The van der Waals surface area contributed by atoms with Gasteiger partial charge in [0, 0.05) is 25.5 Å². The first-order valence-corrected chi connectivity index (χ1v) is 7.80. The van der Waals surface area contributed by atoms with E-state index in [2.05, 4.69) is 24.8 Å². The molecule has 0 aliphatic heterocycles. The van der Waals surface area contributed by atoms with Crippen LogP contribution in [-0.2, 0) is 0 Å². The molecule has 0 radical (unpaired) electrons. The molecule has 0 bridgehead atoms. The van der Waals surface area contributed by atoms with E-state index in [-0.39, 0.29) is 5.28 Å². The summed E-state index contributed by atoms with van der Waals surface area (Å²) in [4.78, 5) is 19.4. The van der Waals surface area contributed by atoms with Gasteiger partial charge in [0.1, 0.15) is 6.33 Å². The minimum Gasteiger partial charge on any atom is -0.340 e. The number of rotatable bonds is 6. The lowest BCUT2D eigenvalue weighted by Gasteiger charge is -2.22. The van der Waals surface area contributed by atoms with Crippen LogP contribution in [0.4, 0.5) is 5.95 Å². The van der Waals surface area contributed by atoms with Crippen molar-refractivity contribution < 1.29 is 0 Å². The standard InChI is InChI=1S/C14H17ClN6/c15-12-17-13(20-6-5-16-9-20)19-14(18-12)21(7-10-1-2-10)8-11-3-4-11/h5-6,9-11H,1-4,7-8H2. The van der Waals surface area contributed by atoms with E-state index in [4.69, 9.17) is 11.6 Å². The molecule has 6 nitrogen and oxygen atoms in total. The summed E-state index contributed by atoms with van der Waals surface area (Å²) in [7, 11) is 0. The molecule has 7 heteroatoms. The highest BCUT2D eigenvalue weighted by Gasteiger charge is 2.30. The molecule has 0 unspecified atom stereocenters. The van der Waals surface area contributed by atoms with Crippen molar-refractivity contribution in [2.45, 2.75) is 25.7 Å². The molecular formula is C14H17ClN6. The van der Waals surface area contributed by atoms with Crippen LogP contribution in [0, 0.1) is 11.8 Å². The zero-order valence-electron chi connectivity index (χ0n) is 11.7. The molecule has 2 fully saturated rings. The largest absolute Gasteiger partial charge is 0.340 e. The smallest absolute Gasteiger partial charge is 0.241 e. The Bertz CT molecular complexity index is 606. The molecule has 2 aromatic heterocycles. The molecule has 2 aliphatic rings. The van der Waals surface area contributed by atoms with Gasteiger partial charge in [-0.15, -0.1) is 0 Å². The maximum atomic E-state index is 6.09. The summed E-state index contributed by atoms with van der Waals surface area (Å²) in [6.07, 6.45) is 10.4. The first kappa shape index (κ1) is 13.0. The van der Waals surface area contributed by atoms with Crippen LogP contribution in [0.2, 0.25) is 5.28 Å². The molecular weight excluding hydrogens is 288 g/mol. The van der Waals surface area contributed by atoms with Gasteiger partial charge < -0.3 is 4.90 Å². The highest BCUT2D eigenvalue weighted by Crippen LogP contribution is 2.35. The first-order valence-electron chi connectivity index (χ1n) is 7.43. The SMILES string of the molecule is Clc1nc(N(CC2CC2)CC2CC2)nc(-n2ccnc2)n1. The van der Waals surface area contributed by atoms with Crippen LogP contribution in [0.1, 0.15) is 25.7 Å². The summed E-state index contributed by atoms with van der Waals surface area (Å²) in [6.45, 7) is 2.06. The highest BCUT2D eigenvalue weighted by molar-refractivity contribution is 6.28.